The summed E-state index contributed by atoms with van der Waals surface area (Å²) in [6.45, 7) is 5.75. The van der Waals surface area contributed by atoms with E-state index in [0.717, 1.165) is 19.8 Å². The molecule has 4 nitrogen and oxygen atoms in total. The standard InChI is InChI=1S/C10H19N2O2/c1-3-13-8-9-14-7-6-12-5-4-11(2)10-12/h4-5,10H,3,6-9H2,1-2H3/q+1. The van der Waals surface area contributed by atoms with Gasteiger partial charge in [-0.1, -0.05) is 0 Å². The Bertz CT molecular complexity index is 248. The molecule has 80 valence electrons. The molecule has 1 heterocycles. The molecule has 0 radical (unpaired) electrons. The molecular weight excluding hydrogens is 180 g/mol. The summed E-state index contributed by atoms with van der Waals surface area (Å²) in [4.78, 5) is 0. The highest BCUT2D eigenvalue weighted by Gasteiger charge is 1.98. The summed E-state index contributed by atoms with van der Waals surface area (Å²) < 4.78 is 14.7. The Morgan fingerprint density at radius 3 is 2.64 bits per heavy atom. The third-order valence-corrected chi connectivity index (χ3v) is 1.89. The van der Waals surface area contributed by atoms with Gasteiger partial charge in [0.1, 0.15) is 18.9 Å². The van der Waals surface area contributed by atoms with Gasteiger partial charge in [-0.2, -0.15) is 0 Å². The van der Waals surface area contributed by atoms with Crippen LogP contribution in [-0.2, 0) is 23.1 Å². The fraction of sp³-hybridized carbons (Fsp3) is 0.700. The van der Waals surface area contributed by atoms with Crippen LogP contribution in [0.5, 0.6) is 0 Å². The van der Waals surface area contributed by atoms with E-state index in [0.29, 0.717) is 13.2 Å². The van der Waals surface area contributed by atoms with E-state index in [-0.39, 0.29) is 0 Å². The number of aryl methyl sites for hydroxylation is 1. The van der Waals surface area contributed by atoms with Crippen molar-refractivity contribution in [3.05, 3.63) is 18.7 Å². The van der Waals surface area contributed by atoms with Crippen LogP contribution in [0.1, 0.15) is 6.92 Å². The van der Waals surface area contributed by atoms with E-state index in [1.54, 1.807) is 0 Å². The Kier molecular flexibility index (Phi) is 5.25. The van der Waals surface area contributed by atoms with Crippen LogP contribution < -0.4 is 4.57 Å². The molecule has 0 unspecified atom stereocenters. The lowest BCUT2D eigenvalue weighted by atomic mass is 10.6. The quantitative estimate of drug-likeness (QED) is 0.468. The van der Waals surface area contributed by atoms with Crippen LogP contribution in [0, 0.1) is 0 Å². The van der Waals surface area contributed by atoms with Crippen LogP contribution in [0.4, 0.5) is 0 Å². The van der Waals surface area contributed by atoms with Crippen molar-refractivity contribution in [1.82, 2.24) is 4.57 Å². The Labute approximate surface area is 85.1 Å². The number of hydrogen-bond acceptors (Lipinski definition) is 2. The average molecular weight is 199 g/mol. The zero-order valence-electron chi connectivity index (χ0n) is 8.98. The van der Waals surface area contributed by atoms with Crippen LogP contribution >= 0.6 is 0 Å². The summed E-state index contributed by atoms with van der Waals surface area (Å²) in [7, 11) is 2.01. The number of imidazole rings is 1. The highest BCUT2D eigenvalue weighted by Crippen LogP contribution is 1.80. The van der Waals surface area contributed by atoms with Gasteiger partial charge in [-0.05, 0) is 6.92 Å². The van der Waals surface area contributed by atoms with Crippen molar-refractivity contribution in [2.45, 2.75) is 13.5 Å². The summed E-state index contributed by atoms with van der Waals surface area (Å²) in [5.74, 6) is 0. The SMILES string of the molecule is CCOCCOCC[n+]1ccn(C)c1. The molecule has 0 amide bonds. The first-order chi connectivity index (χ1) is 6.83. The molecule has 14 heavy (non-hydrogen) atoms. The minimum absolute atomic E-state index is 0.682. The van der Waals surface area contributed by atoms with Gasteiger partial charge in [0.25, 0.3) is 0 Å². The second kappa shape index (κ2) is 6.56. The molecule has 0 aliphatic carbocycles. The number of aromatic nitrogens is 2. The molecule has 1 aromatic rings. The topological polar surface area (TPSA) is 27.3 Å². The van der Waals surface area contributed by atoms with Crippen LogP contribution in [0.3, 0.4) is 0 Å². The zero-order valence-corrected chi connectivity index (χ0v) is 8.98. The van der Waals surface area contributed by atoms with Crippen LogP contribution in [-0.4, -0.2) is 31.0 Å². The predicted molar refractivity (Wildman–Crippen MR) is 52.9 cm³/mol. The Morgan fingerprint density at radius 2 is 2.00 bits per heavy atom. The fourth-order valence-corrected chi connectivity index (χ4v) is 1.17. The molecule has 0 aromatic carbocycles. The van der Waals surface area contributed by atoms with Gasteiger partial charge in [-0.15, -0.1) is 0 Å². The maximum Gasteiger partial charge on any atom is 0.243 e. The van der Waals surface area contributed by atoms with Crippen LogP contribution in [0.25, 0.3) is 0 Å². The summed E-state index contributed by atoms with van der Waals surface area (Å²) in [6.07, 6.45) is 6.08. The lowest BCUT2D eigenvalue weighted by Gasteiger charge is -2.02. The van der Waals surface area contributed by atoms with E-state index in [1.807, 2.05) is 37.3 Å². The van der Waals surface area contributed by atoms with E-state index in [4.69, 9.17) is 9.47 Å². The van der Waals surface area contributed by atoms with Gasteiger partial charge in [-0.3, -0.25) is 0 Å². The van der Waals surface area contributed by atoms with E-state index in [9.17, 15) is 0 Å². The lowest BCUT2D eigenvalue weighted by molar-refractivity contribution is -0.697. The first-order valence-electron chi connectivity index (χ1n) is 4.99. The van der Waals surface area contributed by atoms with Gasteiger partial charge in [0.15, 0.2) is 0 Å². The average Bonchev–Trinajstić information content (AvgIpc) is 2.58. The predicted octanol–water partition coefficient (Wildman–Crippen LogP) is 0.366. The third-order valence-electron chi connectivity index (χ3n) is 1.89. The summed E-state index contributed by atoms with van der Waals surface area (Å²) >= 11 is 0. The number of rotatable bonds is 7. The van der Waals surface area contributed by atoms with Gasteiger partial charge in [-0.25, -0.2) is 9.13 Å². The molecule has 0 saturated carbocycles. The molecule has 1 aromatic heterocycles. The highest BCUT2D eigenvalue weighted by atomic mass is 16.5. The zero-order chi connectivity index (χ0) is 10.2. The van der Waals surface area contributed by atoms with Gasteiger partial charge in [0.2, 0.25) is 6.33 Å². The van der Waals surface area contributed by atoms with Gasteiger partial charge in [0, 0.05) is 6.61 Å². The van der Waals surface area contributed by atoms with E-state index in [1.165, 1.54) is 0 Å². The molecule has 0 fully saturated rings. The van der Waals surface area contributed by atoms with Crippen molar-refractivity contribution >= 4 is 0 Å². The van der Waals surface area contributed by atoms with Crippen molar-refractivity contribution in [3.8, 4) is 0 Å². The molecule has 0 saturated heterocycles. The highest BCUT2D eigenvalue weighted by molar-refractivity contribution is 4.61. The minimum atomic E-state index is 0.682. The Balaban J connectivity index is 1.99. The summed E-state index contributed by atoms with van der Waals surface area (Å²) in [5, 5.41) is 0. The molecule has 0 spiro atoms. The van der Waals surface area contributed by atoms with E-state index >= 15 is 0 Å². The van der Waals surface area contributed by atoms with Gasteiger partial charge >= 0.3 is 0 Å². The molecular formula is C10H19N2O2+. The van der Waals surface area contributed by atoms with Crippen LogP contribution in [0.2, 0.25) is 0 Å². The van der Waals surface area contributed by atoms with Crippen LogP contribution in [0.15, 0.2) is 18.7 Å². The van der Waals surface area contributed by atoms with Crippen molar-refractivity contribution in [1.29, 1.82) is 0 Å². The monoisotopic (exact) mass is 199 g/mol. The maximum absolute atomic E-state index is 5.39. The molecule has 0 N–H and O–H groups in total. The molecule has 1 rings (SSSR count). The smallest absolute Gasteiger partial charge is 0.243 e. The van der Waals surface area contributed by atoms with Crippen molar-refractivity contribution in [2.75, 3.05) is 26.4 Å². The number of nitrogens with zero attached hydrogens (tertiary/aromatic N) is 2. The number of hydrogen-bond donors (Lipinski definition) is 0. The van der Waals surface area contributed by atoms with E-state index < -0.39 is 0 Å². The first kappa shape index (κ1) is 11.2. The Morgan fingerprint density at radius 1 is 1.21 bits per heavy atom. The van der Waals surface area contributed by atoms with Crippen molar-refractivity contribution < 1.29 is 14.0 Å². The Hall–Kier alpha value is -0.870. The van der Waals surface area contributed by atoms with E-state index in [2.05, 4.69) is 4.57 Å². The molecule has 4 heteroatoms. The maximum atomic E-state index is 5.39. The largest absolute Gasteiger partial charge is 0.379 e. The summed E-state index contributed by atoms with van der Waals surface area (Å²) in [5.41, 5.74) is 0. The third kappa shape index (κ3) is 4.39. The number of ether oxygens (including phenoxy) is 2. The van der Waals surface area contributed by atoms with Crippen molar-refractivity contribution in [3.63, 3.8) is 0 Å². The molecule has 0 aliphatic heterocycles. The lowest BCUT2D eigenvalue weighted by Crippen LogP contribution is -2.33. The van der Waals surface area contributed by atoms with Gasteiger partial charge in [0.05, 0.1) is 26.9 Å². The molecule has 0 atom stereocenters. The molecule has 0 aliphatic rings. The fourth-order valence-electron chi connectivity index (χ4n) is 1.17. The summed E-state index contributed by atoms with van der Waals surface area (Å²) in [6, 6.07) is 0. The normalized spacial score (nSPS) is 10.7. The molecule has 0 bridgehead atoms. The first-order valence-corrected chi connectivity index (χ1v) is 4.99. The van der Waals surface area contributed by atoms with Crippen molar-refractivity contribution in [2.24, 2.45) is 7.05 Å². The van der Waals surface area contributed by atoms with Gasteiger partial charge < -0.3 is 9.47 Å². The minimum Gasteiger partial charge on any atom is -0.379 e. The second-order valence-electron chi connectivity index (χ2n) is 3.13. The second-order valence-corrected chi connectivity index (χ2v) is 3.13.